The monoisotopic (exact) mass is 396 g/mol. The first-order valence-corrected chi connectivity index (χ1v) is 9.78. The molecule has 0 aromatic heterocycles. The quantitative estimate of drug-likeness (QED) is 0.857. The van der Waals surface area contributed by atoms with Gasteiger partial charge >= 0.3 is 0 Å². The molecule has 0 unspecified atom stereocenters. The van der Waals surface area contributed by atoms with E-state index in [2.05, 4.69) is 5.32 Å². The SMILES string of the molecule is COc1ccc(NC(=O)[C@H]2Oc3ccccc3O[C@H]2C)cc1N1CCCCC1=O. The van der Waals surface area contributed by atoms with Crippen molar-refractivity contribution in [1.82, 2.24) is 0 Å². The Morgan fingerprint density at radius 1 is 1.14 bits per heavy atom. The number of anilines is 2. The average Bonchev–Trinajstić information content (AvgIpc) is 2.73. The zero-order valence-corrected chi connectivity index (χ0v) is 16.5. The maximum absolute atomic E-state index is 12.9. The molecule has 2 aliphatic heterocycles. The molecule has 2 aromatic rings. The largest absolute Gasteiger partial charge is 0.495 e. The lowest BCUT2D eigenvalue weighted by Crippen LogP contribution is -2.46. The van der Waals surface area contributed by atoms with Gasteiger partial charge in [0, 0.05) is 18.7 Å². The highest BCUT2D eigenvalue weighted by atomic mass is 16.6. The van der Waals surface area contributed by atoms with Crippen LogP contribution in [0.2, 0.25) is 0 Å². The van der Waals surface area contributed by atoms with E-state index < -0.39 is 12.2 Å². The molecule has 2 atom stereocenters. The number of hydrogen-bond donors (Lipinski definition) is 1. The number of fused-ring (bicyclic) bond motifs is 1. The molecule has 2 amide bonds. The van der Waals surface area contributed by atoms with E-state index in [4.69, 9.17) is 14.2 Å². The molecule has 0 aliphatic carbocycles. The first-order valence-electron chi connectivity index (χ1n) is 9.78. The van der Waals surface area contributed by atoms with Crippen molar-refractivity contribution < 1.29 is 23.8 Å². The number of carbonyl (C=O) groups is 2. The van der Waals surface area contributed by atoms with Crippen molar-refractivity contribution in [3.05, 3.63) is 42.5 Å². The van der Waals surface area contributed by atoms with E-state index in [1.165, 1.54) is 0 Å². The zero-order valence-electron chi connectivity index (χ0n) is 16.5. The molecule has 29 heavy (non-hydrogen) atoms. The van der Waals surface area contributed by atoms with Gasteiger partial charge in [0.05, 0.1) is 12.8 Å². The van der Waals surface area contributed by atoms with Crippen LogP contribution in [0.15, 0.2) is 42.5 Å². The number of para-hydroxylation sites is 2. The van der Waals surface area contributed by atoms with Crippen molar-refractivity contribution in [2.24, 2.45) is 0 Å². The fraction of sp³-hybridized carbons (Fsp3) is 0.364. The van der Waals surface area contributed by atoms with Crippen LogP contribution in [0, 0.1) is 0 Å². The minimum absolute atomic E-state index is 0.0623. The fourth-order valence-electron chi connectivity index (χ4n) is 3.66. The second kappa shape index (κ2) is 8.03. The van der Waals surface area contributed by atoms with Gasteiger partial charge in [-0.1, -0.05) is 12.1 Å². The van der Waals surface area contributed by atoms with E-state index in [1.54, 1.807) is 43.2 Å². The van der Waals surface area contributed by atoms with Crippen molar-refractivity contribution in [1.29, 1.82) is 0 Å². The molecule has 0 bridgehead atoms. The highest BCUT2D eigenvalue weighted by Crippen LogP contribution is 2.35. The van der Waals surface area contributed by atoms with Gasteiger partial charge in [-0.3, -0.25) is 9.59 Å². The van der Waals surface area contributed by atoms with Crippen molar-refractivity contribution in [2.75, 3.05) is 23.9 Å². The summed E-state index contributed by atoms with van der Waals surface area (Å²) >= 11 is 0. The molecule has 7 nitrogen and oxygen atoms in total. The Kier molecular flexibility index (Phi) is 5.29. The predicted molar refractivity (Wildman–Crippen MR) is 109 cm³/mol. The Hall–Kier alpha value is -3.22. The van der Waals surface area contributed by atoms with E-state index in [-0.39, 0.29) is 11.8 Å². The third-order valence-corrected chi connectivity index (χ3v) is 5.16. The van der Waals surface area contributed by atoms with Crippen LogP contribution in [0.4, 0.5) is 11.4 Å². The average molecular weight is 396 g/mol. The van der Waals surface area contributed by atoms with Crippen LogP contribution in [0.5, 0.6) is 17.2 Å². The Bertz CT molecular complexity index is 929. The van der Waals surface area contributed by atoms with Crippen molar-refractivity contribution in [3.8, 4) is 17.2 Å². The molecule has 4 rings (SSSR count). The summed E-state index contributed by atoms with van der Waals surface area (Å²) in [5.41, 5.74) is 1.23. The topological polar surface area (TPSA) is 77.1 Å². The molecule has 0 spiro atoms. The molecule has 152 valence electrons. The third kappa shape index (κ3) is 3.85. The smallest absolute Gasteiger partial charge is 0.269 e. The zero-order chi connectivity index (χ0) is 20.4. The van der Waals surface area contributed by atoms with E-state index >= 15 is 0 Å². The minimum Gasteiger partial charge on any atom is -0.495 e. The fourth-order valence-corrected chi connectivity index (χ4v) is 3.66. The number of amides is 2. The summed E-state index contributed by atoms with van der Waals surface area (Å²) in [7, 11) is 1.57. The van der Waals surface area contributed by atoms with Crippen LogP contribution >= 0.6 is 0 Å². The summed E-state index contributed by atoms with van der Waals surface area (Å²) in [4.78, 5) is 26.9. The van der Waals surface area contributed by atoms with Gasteiger partial charge in [0.15, 0.2) is 11.5 Å². The highest BCUT2D eigenvalue weighted by molar-refractivity contribution is 5.99. The molecule has 1 fully saturated rings. The summed E-state index contributed by atoms with van der Waals surface area (Å²) in [6.45, 7) is 2.44. The lowest BCUT2D eigenvalue weighted by Gasteiger charge is -2.31. The second-order valence-corrected chi connectivity index (χ2v) is 7.19. The van der Waals surface area contributed by atoms with E-state index in [1.807, 2.05) is 18.2 Å². The number of piperidine rings is 1. The van der Waals surface area contributed by atoms with Crippen LogP contribution in [-0.2, 0) is 9.59 Å². The lowest BCUT2D eigenvalue weighted by molar-refractivity contribution is -0.128. The maximum atomic E-state index is 12.9. The van der Waals surface area contributed by atoms with Crippen LogP contribution < -0.4 is 24.4 Å². The molecule has 0 saturated carbocycles. The number of hydrogen-bond acceptors (Lipinski definition) is 5. The van der Waals surface area contributed by atoms with Crippen molar-refractivity contribution >= 4 is 23.2 Å². The Labute approximate surface area is 169 Å². The van der Waals surface area contributed by atoms with Gasteiger partial charge in [0.1, 0.15) is 11.9 Å². The summed E-state index contributed by atoms with van der Waals surface area (Å²) in [5, 5.41) is 2.88. The van der Waals surface area contributed by atoms with Crippen LogP contribution in [0.1, 0.15) is 26.2 Å². The van der Waals surface area contributed by atoms with Crippen LogP contribution in [0.3, 0.4) is 0 Å². The minimum atomic E-state index is -0.785. The van der Waals surface area contributed by atoms with E-state index in [0.717, 1.165) is 12.8 Å². The molecular weight excluding hydrogens is 372 g/mol. The summed E-state index contributed by atoms with van der Waals surface area (Å²) < 4.78 is 17.1. The second-order valence-electron chi connectivity index (χ2n) is 7.19. The normalized spacial score (nSPS) is 20.9. The van der Waals surface area contributed by atoms with Crippen molar-refractivity contribution in [3.63, 3.8) is 0 Å². The Balaban J connectivity index is 1.54. The number of nitrogens with zero attached hydrogens (tertiary/aromatic N) is 1. The van der Waals surface area contributed by atoms with Crippen LogP contribution in [0.25, 0.3) is 0 Å². The maximum Gasteiger partial charge on any atom is 0.269 e. The van der Waals surface area contributed by atoms with Crippen LogP contribution in [-0.4, -0.2) is 37.7 Å². The molecule has 1 saturated heterocycles. The highest BCUT2D eigenvalue weighted by Gasteiger charge is 2.34. The number of methoxy groups -OCH3 is 1. The number of benzene rings is 2. The Morgan fingerprint density at radius 3 is 2.62 bits per heavy atom. The third-order valence-electron chi connectivity index (χ3n) is 5.16. The van der Waals surface area contributed by atoms with Gasteiger partial charge < -0.3 is 24.4 Å². The van der Waals surface area contributed by atoms with E-state index in [0.29, 0.717) is 41.6 Å². The lowest BCUT2D eigenvalue weighted by atomic mass is 10.1. The summed E-state index contributed by atoms with van der Waals surface area (Å²) in [5.74, 6) is 1.51. The summed E-state index contributed by atoms with van der Waals surface area (Å²) in [6.07, 6.45) is 1.13. The molecule has 0 radical (unpaired) electrons. The Morgan fingerprint density at radius 2 is 1.90 bits per heavy atom. The first kappa shape index (κ1) is 19.1. The standard InChI is InChI=1S/C22H24N2O5/c1-14-21(29-19-8-4-3-7-18(19)28-14)22(26)23-15-10-11-17(27-2)16(13-15)24-12-6-5-9-20(24)25/h3-4,7-8,10-11,13-14,21H,5-6,9,12H2,1-2H3,(H,23,26)/t14-,21-/m0/s1. The van der Waals surface area contributed by atoms with Gasteiger partial charge in [-0.05, 0) is 50.1 Å². The number of ether oxygens (including phenoxy) is 3. The van der Waals surface area contributed by atoms with Crippen molar-refractivity contribution in [2.45, 2.75) is 38.4 Å². The number of nitrogens with one attached hydrogen (secondary N) is 1. The molecule has 2 heterocycles. The number of carbonyl (C=O) groups excluding carboxylic acids is 2. The summed E-state index contributed by atoms with van der Waals surface area (Å²) in [6, 6.07) is 12.5. The van der Waals surface area contributed by atoms with Gasteiger partial charge in [0.2, 0.25) is 12.0 Å². The van der Waals surface area contributed by atoms with E-state index in [9.17, 15) is 9.59 Å². The molecular formula is C22H24N2O5. The molecule has 7 heteroatoms. The van der Waals surface area contributed by atoms with Gasteiger partial charge in [-0.25, -0.2) is 0 Å². The number of rotatable bonds is 4. The van der Waals surface area contributed by atoms with Gasteiger partial charge in [0.25, 0.3) is 5.91 Å². The van der Waals surface area contributed by atoms with Gasteiger partial charge in [-0.2, -0.15) is 0 Å². The molecule has 2 aliphatic rings. The molecule has 2 aromatic carbocycles. The predicted octanol–water partition coefficient (Wildman–Crippen LogP) is 3.38. The van der Waals surface area contributed by atoms with Gasteiger partial charge in [-0.15, -0.1) is 0 Å². The molecule has 1 N–H and O–H groups in total. The first-order chi connectivity index (χ1) is 14.1.